The van der Waals surface area contributed by atoms with Crippen molar-refractivity contribution in [2.75, 3.05) is 4.90 Å². The van der Waals surface area contributed by atoms with Crippen molar-refractivity contribution in [1.82, 2.24) is 5.32 Å². The lowest BCUT2D eigenvalue weighted by Crippen LogP contribution is -2.38. The summed E-state index contributed by atoms with van der Waals surface area (Å²) < 4.78 is 34.5. The minimum Gasteiger partial charge on any atom is -0.468 e. The number of furan rings is 1. The van der Waals surface area contributed by atoms with E-state index in [-0.39, 0.29) is 17.9 Å². The van der Waals surface area contributed by atoms with Crippen molar-refractivity contribution in [2.45, 2.75) is 24.6 Å². The van der Waals surface area contributed by atoms with Gasteiger partial charge in [-0.2, -0.15) is 0 Å². The highest BCUT2D eigenvalue weighted by molar-refractivity contribution is 6.22. The summed E-state index contributed by atoms with van der Waals surface area (Å²) in [5, 5.41) is 2.96. The molecule has 1 fully saturated rings. The number of nitrogens with zero attached hydrogens (tertiary/aromatic N) is 1. The van der Waals surface area contributed by atoms with Crippen LogP contribution in [0, 0.1) is 0 Å². The second-order valence-corrected chi connectivity index (χ2v) is 5.77. The van der Waals surface area contributed by atoms with Gasteiger partial charge in [0, 0.05) is 11.6 Å². The molecule has 1 aliphatic heterocycles. The Hall–Kier alpha value is -2.45. The van der Waals surface area contributed by atoms with Crippen LogP contribution in [-0.2, 0) is 16.1 Å². The molecule has 0 spiro atoms. The number of nitrogens with one attached hydrogen (secondary N) is 1. The van der Waals surface area contributed by atoms with E-state index in [1.807, 2.05) is 0 Å². The van der Waals surface area contributed by atoms with Gasteiger partial charge in [-0.1, -0.05) is 0 Å². The van der Waals surface area contributed by atoms with Gasteiger partial charge in [-0.15, -0.1) is 8.78 Å². The van der Waals surface area contributed by atoms with Crippen molar-refractivity contribution < 1.29 is 27.5 Å². The topological polar surface area (TPSA) is 71.8 Å². The van der Waals surface area contributed by atoms with Crippen LogP contribution >= 0.6 is 11.6 Å². The third-order valence-corrected chi connectivity index (χ3v) is 3.66. The van der Waals surface area contributed by atoms with Crippen molar-refractivity contribution in [3.05, 3.63) is 48.4 Å². The Kier molecular flexibility index (Phi) is 4.73. The molecular weight excluding hydrogens is 358 g/mol. The summed E-state index contributed by atoms with van der Waals surface area (Å²) in [6.07, 6.45) is 1.51. The molecule has 0 radical (unpaired) electrons. The number of rotatable bonds is 6. The molecule has 3 rings (SSSR count). The number of anilines is 1. The van der Waals surface area contributed by atoms with Gasteiger partial charge in [-0.25, -0.2) is 4.90 Å². The first kappa shape index (κ1) is 17.4. The Morgan fingerprint density at radius 3 is 2.60 bits per heavy atom. The Labute approximate surface area is 146 Å². The number of ether oxygens (including phenoxy) is 1. The maximum atomic E-state index is 12.6. The van der Waals surface area contributed by atoms with Gasteiger partial charge >= 0.3 is 5.57 Å². The molecule has 1 aromatic heterocycles. The molecule has 1 N–H and O–H groups in total. The van der Waals surface area contributed by atoms with E-state index in [0.29, 0.717) is 12.3 Å². The number of imide groups is 1. The van der Waals surface area contributed by atoms with Crippen LogP contribution in [0.4, 0.5) is 14.5 Å². The van der Waals surface area contributed by atoms with Crippen LogP contribution in [0.5, 0.6) is 5.75 Å². The van der Waals surface area contributed by atoms with Crippen molar-refractivity contribution in [3.63, 3.8) is 0 Å². The van der Waals surface area contributed by atoms with Gasteiger partial charge < -0.3 is 9.15 Å². The van der Waals surface area contributed by atoms with Crippen molar-refractivity contribution >= 4 is 29.1 Å². The van der Waals surface area contributed by atoms with Crippen LogP contribution in [0.25, 0.3) is 0 Å². The van der Waals surface area contributed by atoms with Gasteiger partial charge in [0.25, 0.3) is 5.91 Å². The zero-order valence-corrected chi connectivity index (χ0v) is 13.5. The molecule has 132 valence electrons. The van der Waals surface area contributed by atoms with Crippen LogP contribution in [-0.4, -0.2) is 23.4 Å². The molecule has 0 saturated carbocycles. The molecule has 9 heteroatoms. The van der Waals surface area contributed by atoms with Gasteiger partial charge in [0.15, 0.2) is 0 Å². The van der Waals surface area contributed by atoms with E-state index in [9.17, 15) is 18.4 Å². The molecule has 2 aromatic rings. The lowest BCUT2D eigenvalue weighted by Gasteiger charge is -2.16. The number of benzene rings is 1. The minimum atomic E-state index is -3.83. The third-order valence-electron chi connectivity index (χ3n) is 3.58. The van der Waals surface area contributed by atoms with E-state index in [0.717, 1.165) is 4.90 Å². The fourth-order valence-corrected chi connectivity index (χ4v) is 2.59. The first-order chi connectivity index (χ1) is 11.8. The number of halogens is 3. The van der Waals surface area contributed by atoms with E-state index in [1.54, 1.807) is 12.1 Å². The quantitative estimate of drug-likeness (QED) is 0.625. The number of hydrogen-bond acceptors (Lipinski definition) is 5. The maximum Gasteiger partial charge on any atom is 0.487 e. The molecule has 2 heterocycles. The largest absolute Gasteiger partial charge is 0.487 e. The van der Waals surface area contributed by atoms with E-state index in [2.05, 4.69) is 21.7 Å². The van der Waals surface area contributed by atoms with Crippen LogP contribution < -0.4 is 15.0 Å². The zero-order valence-electron chi connectivity index (χ0n) is 12.7. The van der Waals surface area contributed by atoms with Crippen LogP contribution in [0.3, 0.4) is 0 Å². The molecule has 25 heavy (non-hydrogen) atoms. The molecule has 1 aliphatic rings. The van der Waals surface area contributed by atoms with Gasteiger partial charge in [0.05, 0.1) is 31.0 Å². The minimum absolute atomic E-state index is 0.00244. The summed E-state index contributed by atoms with van der Waals surface area (Å²) in [6.45, 7) is 0.308. The molecule has 1 atom stereocenters. The van der Waals surface area contributed by atoms with Gasteiger partial charge in [-0.05, 0) is 36.4 Å². The van der Waals surface area contributed by atoms with Gasteiger partial charge in [0.1, 0.15) is 11.5 Å². The lowest BCUT2D eigenvalue weighted by atomic mass is 10.2. The summed E-state index contributed by atoms with van der Waals surface area (Å²) in [6, 6.07) is 7.87. The average molecular weight is 371 g/mol. The third kappa shape index (κ3) is 4.15. The van der Waals surface area contributed by atoms with E-state index < -0.39 is 23.4 Å². The highest BCUT2D eigenvalue weighted by Crippen LogP contribution is 2.29. The molecule has 0 aliphatic carbocycles. The Morgan fingerprint density at radius 2 is 2.00 bits per heavy atom. The number of alkyl halides is 3. The van der Waals surface area contributed by atoms with E-state index in [4.69, 9.17) is 4.42 Å². The highest BCUT2D eigenvalue weighted by atomic mass is 35.5. The monoisotopic (exact) mass is 370 g/mol. The van der Waals surface area contributed by atoms with Gasteiger partial charge in [-0.3, -0.25) is 14.9 Å². The lowest BCUT2D eigenvalue weighted by molar-refractivity contribution is -0.121. The van der Waals surface area contributed by atoms with Crippen molar-refractivity contribution in [1.29, 1.82) is 0 Å². The van der Waals surface area contributed by atoms with Crippen LogP contribution in [0.1, 0.15) is 12.2 Å². The Bertz CT molecular complexity index is 759. The average Bonchev–Trinajstić information content (AvgIpc) is 3.13. The highest BCUT2D eigenvalue weighted by Gasteiger charge is 2.39. The Morgan fingerprint density at radius 1 is 1.28 bits per heavy atom. The smallest absolute Gasteiger partial charge is 0.468 e. The van der Waals surface area contributed by atoms with E-state index >= 15 is 0 Å². The summed E-state index contributed by atoms with van der Waals surface area (Å²) in [5.41, 5.74) is -3.57. The number of carbonyl (C=O) groups is 2. The van der Waals surface area contributed by atoms with Gasteiger partial charge in [0.2, 0.25) is 5.91 Å². The molecule has 6 nitrogen and oxygen atoms in total. The molecular formula is C16H13ClF2N2O4. The summed E-state index contributed by atoms with van der Waals surface area (Å²) in [7, 11) is 0. The zero-order chi connectivity index (χ0) is 18.0. The summed E-state index contributed by atoms with van der Waals surface area (Å²) in [4.78, 5) is 25.6. The molecule has 0 bridgehead atoms. The molecule has 2 amide bonds. The first-order valence-electron chi connectivity index (χ1n) is 7.32. The standard InChI is InChI=1S/C16H13ClF2N2O4/c17-16(18,19)25-11-5-3-10(4-6-11)21-14(22)8-13(15(21)23)20-9-12-2-1-7-24-12/h1-7,13,20H,8-9H2/t13-/m1/s1. The Balaban J connectivity index is 1.67. The van der Waals surface area contributed by atoms with Crippen LogP contribution in [0.15, 0.2) is 47.1 Å². The molecule has 1 saturated heterocycles. The maximum absolute atomic E-state index is 12.6. The molecule has 0 unspecified atom stereocenters. The second kappa shape index (κ2) is 6.81. The fourth-order valence-electron chi connectivity index (χ4n) is 2.50. The van der Waals surface area contributed by atoms with E-state index in [1.165, 1.54) is 30.5 Å². The van der Waals surface area contributed by atoms with Crippen molar-refractivity contribution in [2.24, 2.45) is 0 Å². The number of amides is 2. The molecule has 1 aromatic carbocycles. The predicted octanol–water partition coefficient (Wildman–Crippen LogP) is 2.87. The predicted molar refractivity (Wildman–Crippen MR) is 84.3 cm³/mol. The normalized spacial score (nSPS) is 18.0. The van der Waals surface area contributed by atoms with Crippen molar-refractivity contribution in [3.8, 4) is 5.75 Å². The fraction of sp³-hybridized carbons (Fsp3) is 0.250. The summed E-state index contributed by atoms with van der Waals surface area (Å²) in [5.74, 6) is -0.358. The number of hydrogen-bond donors (Lipinski definition) is 1. The second-order valence-electron chi connectivity index (χ2n) is 5.33. The number of carbonyl (C=O) groups excluding carboxylic acids is 2. The SMILES string of the molecule is O=C1C[C@@H](NCc2ccco2)C(=O)N1c1ccc(OC(F)(F)Cl)cc1. The van der Waals surface area contributed by atoms with Crippen LogP contribution in [0.2, 0.25) is 0 Å². The summed E-state index contributed by atoms with van der Waals surface area (Å²) >= 11 is 4.69. The first-order valence-corrected chi connectivity index (χ1v) is 7.70.